The molecule has 0 spiro atoms. The van der Waals surface area contributed by atoms with Gasteiger partial charge in [0.15, 0.2) is 0 Å². The van der Waals surface area contributed by atoms with Crippen molar-refractivity contribution in [2.45, 2.75) is 52.0 Å². The van der Waals surface area contributed by atoms with Crippen LogP contribution in [0, 0.1) is 11.8 Å². The molecule has 1 aliphatic carbocycles. The summed E-state index contributed by atoms with van der Waals surface area (Å²) in [5.74, 6) is 1.90. The summed E-state index contributed by atoms with van der Waals surface area (Å²) in [6.45, 7) is 5.81. The predicted molar refractivity (Wildman–Crippen MR) is 86.3 cm³/mol. The van der Waals surface area contributed by atoms with Gasteiger partial charge in [0.05, 0.1) is 0 Å². The molecule has 0 saturated heterocycles. The van der Waals surface area contributed by atoms with Crippen LogP contribution in [0.4, 0.5) is 0 Å². The van der Waals surface area contributed by atoms with Crippen LogP contribution in [0.25, 0.3) is 0 Å². The van der Waals surface area contributed by atoms with E-state index in [1.54, 1.807) is 0 Å². The third kappa shape index (κ3) is 4.92. The van der Waals surface area contributed by atoms with Crippen molar-refractivity contribution in [3.05, 3.63) is 34.3 Å². The lowest BCUT2D eigenvalue weighted by Crippen LogP contribution is -2.23. The van der Waals surface area contributed by atoms with Gasteiger partial charge in [0.1, 0.15) is 0 Å². The van der Waals surface area contributed by atoms with Crippen molar-refractivity contribution in [3.63, 3.8) is 0 Å². The molecule has 1 saturated carbocycles. The summed E-state index contributed by atoms with van der Waals surface area (Å²) in [6.07, 6.45) is 7.10. The smallest absolute Gasteiger partial charge is 0.0292 e. The van der Waals surface area contributed by atoms with Gasteiger partial charge in [0.2, 0.25) is 0 Å². The lowest BCUT2D eigenvalue weighted by Gasteiger charge is -2.27. The van der Waals surface area contributed by atoms with E-state index in [0.29, 0.717) is 6.04 Å². The first kappa shape index (κ1) is 15.1. The molecule has 106 valence electrons. The Morgan fingerprint density at radius 1 is 1.37 bits per heavy atom. The fourth-order valence-electron chi connectivity index (χ4n) is 3.22. The van der Waals surface area contributed by atoms with Crippen molar-refractivity contribution < 1.29 is 0 Å². The van der Waals surface area contributed by atoms with E-state index in [4.69, 9.17) is 0 Å². The van der Waals surface area contributed by atoms with E-state index >= 15 is 0 Å². The predicted octanol–water partition coefficient (Wildman–Crippen LogP) is 5.32. The molecule has 2 rings (SSSR count). The average Bonchev–Trinajstić information content (AvgIpc) is 2.38. The maximum absolute atomic E-state index is 3.67. The minimum Gasteiger partial charge on any atom is -0.310 e. The van der Waals surface area contributed by atoms with Gasteiger partial charge in [-0.1, -0.05) is 54.2 Å². The van der Waals surface area contributed by atoms with Gasteiger partial charge in [0.25, 0.3) is 0 Å². The molecule has 0 bridgehead atoms. The van der Waals surface area contributed by atoms with Crippen LogP contribution in [0.15, 0.2) is 28.7 Å². The zero-order valence-corrected chi connectivity index (χ0v) is 13.7. The SMILES string of the molecule is CC1CCCC(CCNC(C)c2cccc(Br)c2)C1. The van der Waals surface area contributed by atoms with E-state index in [0.717, 1.165) is 18.4 Å². The number of hydrogen-bond donors (Lipinski definition) is 1. The number of nitrogens with one attached hydrogen (secondary N) is 1. The molecule has 0 amide bonds. The maximum Gasteiger partial charge on any atom is 0.0292 e. The van der Waals surface area contributed by atoms with Crippen molar-refractivity contribution >= 4 is 15.9 Å². The zero-order valence-electron chi connectivity index (χ0n) is 12.2. The second-order valence-corrected chi connectivity index (χ2v) is 7.07. The summed E-state index contributed by atoms with van der Waals surface area (Å²) < 4.78 is 1.17. The highest BCUT2D eigenvalue weighted by Gasteiger charge is 2.18. The van der Waals surface area contributed by atoms with Crippen LogP contribution in [0.3, 0.4) is 0 Å². The van der Waals surface area contributed by atoms with Gasteiger partial charge in [-0.2, -0.15) is 0 Å². The highest BCUT2D eigenvalue weighted by molar-refractivity contribution is 9.10. The Morgan fingerprint density at radius 3 is 2.95 bits per heavy atom. The first-order valence-corrected chi connectivity index (χ1v) is 8.43. The van der Waals surface area contributed by atoms with Crippen molar-refractivity contribution in [2.24, 2.45) is 11.8 Å². The lowest BCUT2D eigenvalue weighted by molar-refractivity contribution is 0.265. The van der Waals surface area contributed by atoms with Gasteiger partial charge in [-0.25, -0.2) is 0 Å². The van der Waals surface area contributed by atoms with Crippen molar-refractivity contribution in [2.75, 3.05) is 6.54 Å². The van der Waals surface area contributed by atoms with Crippen molar-refractivity contribution in [3.8, 4) is 0 Å². The lowest BCUT2D eigenvalue weighted by atomic mass is 9.81. The van der Waals surface area contributed by atoms with Crippen molar-refractivity contribution in [1.29, 1.82) is 0 Å². The summed E-state index contributed by atoms with van der Waals surface area (Å²) >= 11 is 3.54. The molecule has 2 heteroatoms. The van der Waals surface area contributed by atoms with Crippen LogP contribution >= 0.6 is 15.9 Å². The molecule has 0 aliphatic heterocycles. The van der Waals surface area contributed by atoms with Crippen LogP contribution in [0.5, 0.6) is 0 Å². The first-order chi connectivity index (χ1) is 9.15. The first-order valence-electron chi connectivity index (χ1n) is 7.64. The molecule has 1 fully saturated rings. The van der Waals surface area contributed by atoms with Gasteiger partial charge < -0.3 is 5.32 Å². The molecule has 0 radical (unpaired) electrons. The fourth-order valence-corrected chi connectivity index (χ4v) is 3.64. The second kappa shape index (κ2) is 7.44. The Morgan fingerprint density at radius 2 is 2.21 bits per heavy atom. The van der Waals surface area contributed by atoms with E-state index in [9.17, 15) is 0 Å². The fraction of sp³-hybridized carbons (Fsp3) is 0.647. The Hall–Kier alpha value is -0.340. The molecule has 0 heterocycles. The van der Waals surface area contributed by atoms with Gasteiger partial charge in [-0.3, -0.25) is 0 Å². The molecule has 0 aromatic heterocycles. The monoisotopic (exact) mass is 323 g/mol. The molecule has 3 atom stereocenters. The third-order valence-corrected chi connectivity index (χ3v) is 4.89. The van der Waals surface area contributed by atoms with E-state index in [-0.39, 0.29) is 0 Å². The Labute approximate surface area is 126 Å². The highest BCUT2D eigenvalue weighted by atomic mass is 79.9. The Bertz CT molecular complexity index is 391. The maximum atomic E-state index is 3.67. The molecular weight excluding hydrogens is 298 g/mol. The Balaban J connectivity index is 1.73. The second-order valence-electron chi connectivity index (χ2n) is 6.16. The zero-order chi connectivity index (χ0) is 13.7. The minimum absolute atomic E-state index is 0.443. The summed E-state index contributed by atoms with van der Waals surface area (Å²) in [6, 6.07) is 9.05. The van der Waals surface area contributed by atoms with Crippen molar-refractivity contribution in [1.82, 2.24) is 5.32 Å². The van der Waals surface area contributed by atoms with Gasteiger partial charge in [-0.15, -0.1) is 0 Å². The van der Waals surface area contributed by atoms with Gasteiger partial charge >= 0.3 is 0 Å². The quantitative estimate of drug-likeness (QED) is 0.773. The largest absolute Gasteiger partial charge is 0.310 e. The number of rotatable bonds is 5. The molecule has 1 aliphatic rings. The van der Waals surface area contributed by atoms with Crippen LogP contribution in [0.1, 0.15) is 57.6 Å². The van der Waals surface area contributed by atoms with Crippen LogP contribution in [-0.2, 0) is 0 Å². The Kier molecular flexibility index (Phi) is 5.90. The summed E-state index contributed by atoms with van der Waals surface area (Å²) in [5.41, 5.74) is 1.37. The van der Waals surface area contributed by atoms with E-state index in [2.05, 4.69) is 59.4 Å². The van der Waals surface area contributed by atoms with Crippen LogP contribution in [-0.4, -0.2) is 6.54 Å². The molecule has 19 heavy (non-hydrogen) atoms. The number of hydrogen-bond acceptors (Lipinski definition) is 1. The number of halogens is 1. The van der Waals surface area contributed by atoms with E-state index < -0.39 is 0 Å². The molecule has 3 unspecified atom stereocenters. The van der Waals surface area contributed by atoms with Crippen LogP contribution in [0.2, 0.25) is 0 Å². The van der Waals surface area contributed by atoms with Gasteiger partial charge in [0, 0.05) is 10.5 Å². The molecule has 1 nitrogen and oxygen atoms in total. The molecule has 1 N–H and O–H groups in total. The summed E-state index contributed by atoms with van der Waals surface area (Å²) in [4.78, 5) is 0. The summed E-state index contributed by atoms with van der Waals surface area (Å²) in [7, 11) is 0. The third-order valence-electron chi connectivity index (χ3n) is 4.40. The highest BCUT2D eigenvalue weighted by Crippen LogP contribution is 2.30. The molecule has 1 aromatic rings. The van der Waals surface area contributed by atoms with Crippen LogP contribution < -0.4 is 5.32 Å². The normalized spacial score (nSPS) is 25.2. The molecule has 1 aromatic carbocycles. The minimum atomic E-state index is 0.443. The number of benzene rings is 1. The average molecular weight is 324 g/mol. The van der Waals surface area contributed by atoms with Gasteiger partial charge in [-0.05, 0) is 55.8 Å². The standard InChI is InChI=1S/C17H26BrN/c1-13-5-3-6-15(11-13)9-10-19-14(2)16-7-4-8-17(18)12-16/h4,7-8,12-15,19H,3,5-6,9-11H2,1-2H3. The molecular formula is C17H26BrN. The summed E-state index contributed by atoms with van der Waals surface area (Å²) in [5, 5.41) is 3.67. The van der Waals surface area contributed by atoms with E-state index in [1.807, 2.05) is 0 Å². The topological polar surface area (TPSA) is 12.0 Å². The van der Waals surface area contributed by atoms with E-state index in [1.165, 1.54) is 42.1 Å².